The van der Waals surface area contributed by atoms with E-state index in [9.17, 15) is 8.42 Å². The molecule has 6 nitrogen and oxygen atoms in total. The molecule has 1 aliphatic rings. The molecule has 29 heavy (non-hydrogen) atoms. The fraction of sp³-hybridized carbons (Fsp3) is 0.500. The van der Waals surface area contributed by atoms with E-state index in [-0.39, 0.29) is 5.25 Å². The van der Waals surface area contributed by atoms with Crippen molar-refractivity contribution in [1.82, 2.24) is 9.71 Å². The van der Waals surface area contributed by atoms with Gasteiger partial charge in [0.05, 0.1) is 12.4 Å². The minimum absolute atomic E-state index is 0.373. The van der Waals surface area contributed by atoms with E-state index in [1.807, 2.05) is 36.5 Å². The van der Waals surface area contributed by atoms with E-state index >= 15 is 0 Å². The monoisotopic (exact) mass is 417 g/mol. The molecule has 3 rings (SSSR count). The number of aromatic nitrogens is 1. The van der Waals surface area contributed by atoms with Gasteiger partial charge in [-0.25, -0.2) is 18.1 Å². The zero-order valence-electron chi connectivity index (χ0n) is 17.4. The Morgan fingerprint density at radius 1 is 1.10 bits per heavy atom. The van der Waals surface area contributed by atoms with Crippen LogP contribution in [0.5, 0.6) is 5.75 Å². The highest BCUT2D eigenvalue weighted by Crippen LogP contribution is 2.30. The first kappa shape index (κ1) is 21.6. The predicted octanol–water partition coefficient (Wildman–Crippen LogP) is 4.06. The third-order valence-electron chi connectivity index (χ3n) is 5.57. The number of hydrogen-bond donors (Lipinski definition) is 2. The Kier molecular flexibility index (Phi) is 7.14. The highest BCUT2D eigenvalue weighted by Gasteiger charge is 2.24. The molecular formula is C22H31N3O3S. The SMILES string of the molecule is COc1ccccc1-c1ccc(N[C@H]2CC[C@H](CNS(=O)(=O)C(C)C)CC2)nc1. The van der Waals surface area contributed by atoms with Gasteiger partial charge in [0.2, 0.25) is 10.0 Å². The number of para-hydroxylation sites is 1. The third-order valence-corrected chi connectivity index (χ3v) is 7.38. The molecule has 1 fully saturated rings. The van der Waals surface area contributed by atoms with Crippen molar-refractivity contribution in [3.05, 3.63) is 42.6 Å². The largest absolute Gasteiger partial charge is 0.496 e. The maximum atomic E-state index is 11.9. The molecule has 1 heterocycles. The van der Waals surface area contributed by atoms with Crippen LogP contribution in [0.3, 0.4) is 0 Å². The smallest absolute Gasteiger partial charge is 0.213 e. The second-order valence-corrected chi connectivity index (χ2v) is 10.3. The van der Waals surface area contributed by atoms with Gasteiger partial charge >= 0.3 is 0 Å². The predicted molar refractivity (Wildman–Crippen MR) is 118 cm³/mol. The average molecular weight is 418 g/mol. The highest BCUT2D eigenvalue weighted by molar-refractivity contribution is 7.90. The van der Waals surface area contributed by atoms with E-state index in [2.05, 4.69) is 21.1 Å². The van der Waals surface area contributed by atoms with E-state index < -0.39 is 10.0 Å². The van der Waals surface area contributed by atoms with Crippen LogP contribution in [0.1, 0.15) is 39.5 Å². The summed E-state index contributed by atoms with van der Waals surface area (Å²) in [6.45, 7) is 3.95. The van der Waals surface area contributed by atoms with Gasteiger partial charge in [0.1, 0.15) is 11.6 Å². The molecule has 0 amide bonds. The quantitative estimate of drug-likeness (QED) is 0.677. The number of hydrogen-bond acceptors (Lipinski definition) is 5. The molecule has 0 unspecified atom stereocenters. The molecule has 158 valence electrons. The third kappa shape index (κ3) is 5.70. The summed E-state index contributed by atoms with van der Waals surface area (Å²) in [6, 6.07) is 12.3. The van der Waals surface area contributed by atoms with Gasteiger partial charge < -0.3 is 10.1 Å². The van der Waals surface area contributed by atoms with E-state index in [4.69, 9.17) is 4.74 Å². The summed E-state index contributed by atoms with van der Waals surface area (Å²) in [5, 5.41) is 3.13. The van der Waals surface area contributed by atoms with Gasteiger partial charge in [-0.05, 0) is 63.6 Å². The van der Waals surface area contributed by atoms with Gasteiger partial charge in [-0.3, -0.25) is 0 Å². The summed E-state index contributed by atoms with van der Waals surface area (Å²) in [5.41, 5.74) is 2.05. The van der Waals surface area contributed by atoms with Gasteiger partial charge in [0.15, 0.2) is 0 Å². The zero-order chi connectivity index (χ0) is 20.9. The van der Waals surface area contributed by atoms with Crippen LogP contribution in [0, 0.1) is 5.92 Å². The Morgan fingerprint density at radius 3 is 2.45 bits per heavy atom. The van der Waals surface area contributed by atoms with Crippen LogP contribution in [0.4, 0.5) is 5.82 Å². The Balaban J connectivity index is 1.51. The zero-order valence-corrected chi connectivity index (χ0v) is 18.2. The van der Waals surface area contributed by atoms with Crippen LogP contribution in [0.2, 0.25) is 0 Å². The van der Waals surface area contributed by atoms with Gasteiger partial charge in [-0.15, -0.1) is 0 Å². The van der Waals surface area contributed by atoms with E-state index in [0.717, 1.165) is 48.4 Å². The second kappa shape index (κ2) is 9.59. The molecule has 0 spiro atoms. The van der Waals surface area contributed by atoms with Crippen LogP contribution >= 0.6 is 0 Å². The van der Waals surface area contributed by atoms with Crippen molar-refractivity contribution in [1.29, 1.82) is 0 Å². The lowest BCUT2D eigenvalue weighted by molar-refractivity contribution is 0.336. The summed E-state index contributed by atoms with van der Waals surface area (Å²) < 4.78 is 32.0. The Morgan fingerprint density at radius 2 is 1.83 bits per heavy atom. The minimum atomic E-state index is -3.18. The van der Waals surface area contributed by atoms with Crippen LogP contribution in [0.25, 0.3) is 11.1 Å². The summed E-state index contributed by atoms with van der Waals surface area (Å²) in [6.07, 6.45) is 5.93. The standard InChI is InChI=1S/C22H31N3O3S/c1-16(2)29(26,27)24-14-17-8-11-19(12-9-17)25-22-13-10-18(15-23-22)20-6-4-5-7-21(20)28-3/h4-7,10,13,15-17,19,24H,8-9,11-12,14H2,1-3H3,(H,23,25)/t17-,19-. The number of rotatable bonds is 8. The molecule has 1 aliphatic carbocycles. The highest BCUT2D eigenvalue weighted by atomic mass is 32.2. The summed E-state index contributed by atoms with van der Waals surface area (Å²) in [4.78, 5) is 4.57. The van der Waals surface area contributed by atoms with E-state index in [0.29, 0.717) is 18.5 Å². The number of methoxy groups -OCH3 is 1. The molecule has 1 saturated carbocycles. The molecule has 0 atom stereocenters. The number of sulfonamides is 1. The fourth-order valence-corrected chi connectivity index (χ4v) is 4.44. The van der Waals surface area contributed by atoms with Crippen molar-refractivity contribution in [2.75, 3.05) is 19.0 Å². The number of ether oxygens (including phenoxy) is 1. The summed E-state index contributed by atoms with van der Waals surface area (Å²) in [7, 11) is -1.50. The summed E-state index contributed by atoms with van der Waals surface area (Å²) >= 11 is 0. The molecule has 0 radical (unpaired) electrons. The van der Waals surface area contributed by atoms with Gasteiger partial charge in [-0.2, -0.15) is 0 Å². The number of benzene rings is 1. The van der Waals surface area contributed by atoms with Gasteiger partial charge in [0, 0.05) is 29.9 Å². The van der Waals surface area contributed by atoms with Crippen LogP contribution in [0.15, 0.2) is 42.6 Å². The molecule has 1 aromatic carbocycles. The molecule has 2 aromatic rings. The van der Waals surface area contributed by atoms with Gasteiger partial charge in [-0.1, -0.05) is 18.2 Å². The molecule has 1 aromatic heterocycles. The molecule has 0 aliphatic heterocycles. The lowest BCUT2D eigenvalue weighted by Crippen LogP contribution is -2.37. The van der Waals surface area contributed by atoms with Crippen LogP contribution in [-0.2, 0) is 10.0 Å². The lowest BCUT2D eigenvalue weighted by atomic mass is 9.86. The fourth-order valence-electron chi connectivity index (χ4n) is 3.64. The van der Waals surface area contributed by atoms with Crippen molar-refractivity contribution in [2.24, 2.45) is 5.92 Å². The summed E-state index contributed by atoms with van der Waals surface area (Å²) in [5.74, 6) is 2.11. The van der Waals surface area contributed by atoms with Crippen molar-refractivity contribution >= 4 is 15.8 Å². The molecule has 7 heteroatoms. The number of anilines is 1. The van der Waals surface area contributed by atoms with Crippen molar-refractivity contribution in [3.63, 3.8) is 0 Å². The molecule has 0 saturated heterocycles. The number of nitrogens with zero attached hydrogens (tertiary/aromatic N) is 1. The lowest BCUT2D eigenvalue weighted by Gasteiger charge is -2.29. The van der Waals surface area contributed by atoms with Crippen molar-refractivity contribution < 1.29 is 13.2 Å². The van der Waals surface area contributed by atoms with Crippen molar-refractivity contribution in [2.45, 2.75) is 50.8 Å². The first-order chi connectivity index (χ1) is 13.9. The molecular weight excluding hydrogens is 386 g/mol. The first-order valence-corrected chi connectivity index (χ1v) is 11.8. The molecule has 2 N–H and O–H groups in total. The first-order valence-electron chi connectivity index (χ1n) is 10.2. The normalized spacial score (nSPS) is 19.9. The van der Waals surface area contributed by atoms with E-state index in [1.165, 1.54) is 0 Å². The van der Waals surface area contributed by atoms with Gasteiger partial charge in [0.25, 0.3) is 0 Å². The number of pyridine rings is 1. The molecule has 0 bridgehead atoms. The Bertz CT molecular complexity index is 890. The average Bonchev–Trinajstić information content (AvgIpc) is 2.74. The Labute approximate surface area is 174 Å². The topological polar surface area (TPSA) is 80.3 Å². The Hall–Kier alpha value is -2.12. The minimum Gasteiger partial charge on any atom is -0.496 e. The number of nitrogens with one attached hydrogen (secondary N) is 2. The van der Waals surface area contributed by atoms with Crippen LogP contribution in [-0.4, -0.2) is 38.3 Å². The maximum Gasteiger partial charge on any atom is 0.213 e. The van der Waals surface area contributed by atoms with Crippen LogP contribution < -0.4 is 14.8 Å². The maximum absolute atomic E-state index is 11.9. The van der Waals surface area contributed by atoms with Crippen molar-refractivity contribution in [3.8, 4) is 16.9 Å². The second-order valence-electron chi connectivity index (χ2n) is 7.94. The van der Waals surface area contributed by atoms with E-state index in [1.54, 1.807) is 21.0 Å².